The van der Waals surface area contributed by atoms with Crippen molar-refractivity contribution in [1.82, 2.24) is 0 Å². The molecule has 0 heterocycles. The first-order valence-electron chi connectivity index (χ1n) is 6.83. The van der Waals surface area contributed by atoms with Crippen molar-refractivity contribution in [3.05, 3.63) is 65.2 Å². The molecule has 0 aliphatic rings. The van der Waals surface area contributed by atoms with Crippen LogP contribution >= 0.6 is 0 Å². The molecule has 0 saturated heterocycles. The minimum absolute atomic E-state index is 0.289. The molecule has 0 saturated carbocycles. The van der Waals surface area contributed by atoms with Crippen LogP contribution in [0.5, 0.6) is 5.75 Å². The first-order chi connectivity index (χ1) is 10.7. The molecule has 0 aliphatic heterocycles. The molecular weight excluding hydrogens is 282 g/mol. The minimum atomic E-state index is -1.28. The van der Waals surface area contributed by atoms with E-state index in [1.807, 2.05) is 36.4 Å². The van der Waals surface area contributed by atoms with Crippen LogP contribution in [0.1, 0.15) is 22.8 Å². The largest absolute Gasteiger partial charge is 0.488 e. The summed E-state index contributed by atoms with van der Waals surface area (Å²) >= 11 is 0. The number of nitrogens with zero attached hydrogens (tertiary/aromatic N) is 1. The van der Waals surface area contributed by atoms with E-state index < -0.39 is 18.8 Å². The van der Waals surface area contributed by atoms with Crippen LogP contribution in [0.15, 0.2) is 48.5 Å². The van der Waals surface area contributed by atoms with Gasteiger partial charge in [-0.2, -0.15) is 5.26 Å². The van der Waals surface area contributed by atoms with Crippen LogP contribution in [-0.4, -0.2) is 28.0 Å². The van der Waals surface area contributed by atoms with Gasteiger partial charge in [-0.15, -0.1) is 0 Å². The van der Waals surface area contributed by atoms with Gasteiger partial charge in [0.1, 0.15) is 30.6 Å². The summed E-state index contributed by atoms with van der Waals surface area (Å²) in [6.07, 6.45) is -2.52. The smallest absolute Gasteiger partial charge is 0.137 e. The molecule has 3 N–H and O–H groups in total. The zero-order chi connectivity index (χ0) is 15.9. The normalized spacial score (nSPS) is 13.2. The molecular formula is C17H17NO4. The summed E-state index contributed by atoms with van der Waals surface area (Å²) in [5.41, 5.74) is 1.67. The Bertz CT molecular complexity index is 651. The van der Waals surface area contributed by atoms with Gasteiger partial charge in [0.05, 0.1) is 12.2 Å². The second kappa shape index (κ2) is 7.57. The van der Waals surface area contributed by atoms with Crippen LogP contribution in [0.25, 0.3) is 0 Å². The molecule has 0 bridgehead atoms. The first-order valence-corrected chi connectivity index (χ1v) is 6.83. The van der Waals surface area contributed by atoms with Crippen molar-refractivity contribution in [2.45, 2.75) is 18.8 Å². The summed E-state index contributed by atoms with van der Waals surface area (Å²) in [5, 5.41) is 37.4. The van der Waals surface area contributed by atoms with E-state index in [9.17, 15) is 10.2 Å². The summed E-state index contributed by atoms with van der Waals surface area (Å²) in [4.78, 5) is 0. The maximum atomic E-state index is 9.91. The van der Waals surface area contributed by atoms with Gasteiger partial charge < -0.3 is 20.1 Å². The Hall–Kier alpha value is -2.39. The summed E-state index contributed by atoms with van der Waals surface area (Å²) in [5.74, 6) is 0.327. The van der Waals surface area contributed by atoms with E-state index in [-0.39, 0.29) is 6.61 Å². The number of hydrogen-bond acceptors (Lipinski definition) is 5. The highest BCUT2D eigenvalue weighted by atomic mass is 16.5. The van der Waals surface area contributed by atoms with Crippen molar-refractivity contribution in [3.63, 3.8) is 0 Å². The Balaban J connectivity index is 2.20. The van der Waals surface area contributed by atoms with E-state index in [0.29, 0.717) is 16.9 Å². The standard InChI is InChI=1S/C17H17NO4/c18-9-14-7-6-13(17(21)15(20)10-19)8-16(14)22-11-12-4-2-1-3-5-12/h1-8,15,17,19-21H,10-11H2. The summed E-state index contributed by atoms with van der Waals surface area (Å²) in [6.45, 7) is -0.265. The number of aliphatic hydroxyl groups excluding tert-OH is 3. The molecule has 22 heavy (non-hydrogen) atoms. The molecule has 0 radical (unpaired) electrons. The summed E-state index contributed by atoms with van der Waals surface area (Å²) in [7, 11) is 0. The van der Waals surface area contributed by atoms with Crippen molar-refractivity contribution in [2.75, 3.05) is 6.61 Å². The lowest BCUT2D eigenvalue weighted by molar-refractivity contribution is -0.0153. The number of ether oxygens (including phenoxy) is 1. The quantitative estimate of drug-likeness (QED) is 0.752. The van der Waals surface area contributed by atoms with Gasteiger partial charge in [-0.25, -0.2) is 0 Å². The van der Waals surface area contributed by atoms with Crippen LogP contribution in [0.2, 0.25) is 0 Å². The Morgan fingerprint density at radius 3 is 2.45 bits per heavy atom. The monoisotopic (exact) mass is 299 g/mol. The molecule has 2 rings (SSSR count). The van der Waals surface area contributed by atoms with Crippen molar-refractivity contribution in [2.24, 2.45) is 0 Å². The van der Waals surface area contributed by atoms with E-state index in [1.165, 1.54) is 18.2 Å². The molecule has 114 valence electrons. The maximum Gasteiger partial charge on any atom is 0.137 e. The predicted molar refractivity (Wildman–Crippen MR) is 80.0 cm³/mol. The highest BCUT2D eigenvalue weighted by molar-refractivity contribution is 5.46. The Morgan fingerprint density at radius 1 is 1.09 bits per heavy atom. The maximum absolute atomic E-state index is 9.91. The van der Waals surface area contributed by atoms with Gasteiger partial charge in [-0.3, -0.25) is 0 Å². The molecule has 0 aromatic heterocycles. The summed E-state index contributed by atoms with van der Waals surface area (Å²) < 4.78 is 5.64. The molecule has 0 amide bonds. The molecule has 2 unspecified atom stereocenters. The van der Waals surface area contributed by atoms with Crippen LogP contribution in [-0.2, 0) is 6.61 Å². The predicted octanol–water partition coefficient (Wildman–Crippen LogP) is 1.52. The Kier molecular flexibility index (Phi) is 5.50. The fourth-order valence-electron chi connectivity index (χ4n) is 1.99. The summed E-state index contributed by atoms with van der Waals surface area (Å²) in [6, 6.07) is 16.1. The SMILES string of the molecule is N#Cc1ccc(C(O)C(O)CO)cc1OCc1ccccc1. The third-order valence-corrected chi connectivity index (χ3v) is 3.26. The van der Waals surface area contributed by atoms with Gasteiger partial charge in [0, 0.05) is 0 Å². The molecule has 2 atom stereocenters. The molecule has 0 fully saturated rings. The van der Waals surface area contributed by atoms with Gasteiger partial charge in [0.2, 0.25) is 0 Å². The zero-order valence-electron chi connectivity index (χ0n) is 11.9. The lowest BCUT2D eigenvalue weighted by atomic mass is 10.0. The first kappa shape index (κ1) is 16.0. The second-order valence-electron chi connectivity index (χ2n) is 4.84. The number of hydrogen-bond donors (Lipinski definition) is 3. The van der Waals surface area contributed by atoms with Gasteiger partial charge in [0.15, 0.2) is 0 Å². The average molecular weight is 299 g/mol. The fraction of sp³-hybridized carbons (Fsp3) is 0.235. The Morgan fingerprint density at radius 2 is 1.82 bits per heavy atom. The number of benzene rings is 2. The van der Waals surface area contributed by atoms with E-state index >= 15 is 0 Å². The lowest BCUT2D eigenvalue weighted by Crippen LogP contribution is -2.22. The number of nitriles is 1. The van der Waals surface area contributed by atoms with Gasteiger partial charge in [-0.1, -0.05) is 36.4 Å². The van der Waals surface area contributed by atoms with Crippen LogP contribution in [0.4, 0.5) is 0 Å². The Labute approximate surface area is 128 Å². The third-order valence-electron chi connectivity index (χ3n) is 3.26. The van der Waals surface area contributed by atoms with Crippen LogP contribution < -0.4 is 4.74 Å². The van der Waals surface area contributed by atoms with Crippen molar-refractivity contribution >= 4 is 0 Å². The third kappa shape index (κ3) is 3.83. The van der Waals surface area contributed by atoms with E-state index in [1.54, 1.807) is 0 Å². The highest BCUT2D eigenvalue weighted by Gasteiger charge is 2.19. The average Bonchev–Trinajstić information content (AvgIpc) is 2.59. The second-order valence-corrected chi connectivity index (χ2v) is 4.84. The van der Waals surface area contributed by atoms with E-state index in [4.69, 9.17) is 15.1 Å². The number of rotatable bonds is 6. The molecule has 5 nitrogen and oxygen atoms in total. The van der Waals surface area contributed by atoms with E-state index in [0.717, 1.165) is 5.56 Å². The zero-order valence-corrected chi connectivity index (χ0v) is 11.9. The van der Waals surface area contributed by atoms with E-state index in [2.05, 4.69) is 0 Å². The number of aliphatic hydroxyl groups is 3. The molecule has 2 aromatic rings. The minimum Gasteiger partial charge on any atom is -0.488 e. The van der Waals surface area contributed by atoms with Gasteiger partial charge in [0.25, 0.3) is 0 Å². The van der Waals surface area contributed by atoms with Crippen LogP contribution in [0, 0.1) is 11.3 Å². The topological polar surface area (TPSA) is 93.7 Å². The van der Waals surface area contributed by atoms with Crippen molar-refractivity contribution in [3.8, 4) is 11.8 Å². The molecule has 0 spiro atoms. The fourth-order valence-corrected chi connectivity index (χ4v) is 1.99. The van der Waals surface area contributed by atoms with Gasteiger partial charge in [-0.05, 0) is 23.3 Å². The molecule has 5 heteroatoms. The van der Waals surface area contributed by atoms with Gasteiger partial charge >= 0.3 is 0 Å². The lowest BCUT2D eigenvalue weighted by Gasteiger charge is -2.17. The molecule has 2 aromatic carbocycles. The van der Waals surface area contributed by atoms with Crippen molar-refractivity contribution in [1.29, 1.82) is 5.26 Å². The van der Waals surface area contributed by atoms with Crippen LogP contribution in [0.3, 0.4) is 0 Å². The highest BCUT2D eigenvalue weighted by Crippen LogP contribution is 2.26. The molecule has 0 aliphatic carbocycles. The van der Waals surface area contributed by atoms with Crippen molar-refractivity contribution < 1.29 is 20.1 Å².